The van der Waals surface area contributed by atoms with E-state index in [0.29, 0.717) is 5.56 Å². The van der Waals surface area contributed by atoms with Crippen LogP contribution in [0.5, 0.6) is 0 Å². The maximum atomic E-state index is 12.6. The molecule has 2 N–H and O–H groups in total. The third kappa shape index (κ3) is 2.86. The van der Waals surface area contributed by atoms with Crippen LogP contribution in [0.3, 0.4) is 0 Å². The van der Waals surface area contributed by atoms with Crippen LogP contribution in [0.1, 0.15) is 40.7 Å². The molecule has 0 aliphatic heterocycles. The number of aryl methyl sites for hydroxylation is 3. The fraction of sp³-hybridized carbons (Fsp3) is 0.238. The van der Waals surface area contributed by atoms with Crippen molar-refractivity contribution < 1.29 is 4.79 Å². The molecule has 1 heterocycles. The van der Waals surface area contributed by atoms with Gasteiger partial charge in [-0.25, -0.2) is 4.98 Å². The maximum absolute atomic E-state index is 12.6. The van der Waals surface area contributed by atoms with Gasteiger partial charge in [0.25, 0.3) is 5.91 Å². The summed E-state index contributed by atoms with van der Waals surface area (Å²) in [4.78, 5) is 17.1. The lowest BCUT2D eigenvalue weighted by Gasteiger charge is -2.19. The lowest BCUT2D eigenvalue weighted by molar-refractivity contribution is 0.0942. The van der Waals surface area contributed by atoms with Crippen LogP contribution in [-0.4, -0.2) is 15.5 Å². The number of amides is 1. The SMILES string of the molecule is CCn1c(C)nc2cc(C(=O)NNC3=CCCc4ccccc43)ccc21. The lowest BCUT2D eigenvalue weighted by atomic mass is 9.95. The molecular formula is C21H22N4O. The molecule has 132 valence electrons. The smallest absolute Gasteiger partial charge is 0.269 e. The van der Waals surface area contributed by atoms with E-state index < -0.39 is 0 Å². The van der Waals surface area contributed by atoms with Crippen molar-refractivity contribution in [3.8, 4) is 0 Å². The monoisotopic (exact) mass is 346 g/mol. The van der Waals surface area contributed by atoms with Gasteiger partial charge in [0.2, 0.25) is 0 Å². The van der Waals surface area contributed by atoms with E-state index in [1.807, 2.05) is 37.3 Å². The molecule has 1 aliphatic carbocycles. The second kappa shape index (κ2) is 6.67. The summed E-state index contributed by atoms with van der Waals surface area (Å²) >= 11 is 0. The predicted octanol–water partition coefficient (Wildman–Crippen LogP) is 3.59. The quantitative estimate of drug-likeness (QED) is 0.710. The van der Waals surface area contributed by atoms with Crippen molar-refractivity contribution in [1.29, 1.82) is 0 Å². The van der Waals surface area contributed by atoms with Crippen LogP contribution in [0.25, 0.3) is 16.7 Å². The number of benzene rings is 2. The minimum absolute atomic E-state index is 0.167. The Labute approximate surface area is 152 Å². The van der Waals surface area contributed by atoms with Crippen LogP contribution < -0.4 is 10.9 Å². The maximum Gasteiger partial charge on any atom is 0.269 e. The first-order valence-electron chi connectivity index (χ1n) is 8.99. The fourth-order valence-corrected chi connectivity index (χ4v) is 3.59. The molecule has 1 amide bonds. The number of aromatic nitrogens is 2. The molecule has 0 bridgehead atoms. The molecule has 0 fully saturated rings. The average Bonchev–Trinajstić information content (AvgIpc) is 3.00. The van der Waals surface area contributed by atoms with Crippen LogP contribution in [0.4, 0.5) is 0 Å². The first-order valence-corrected chi connectivity index (χ1v) is 8.99. The molecule has 5 nitrogen and oxygen atoms in total. The van der Waals surface area contributed by atoms with Crippen molar-refractivity contribution in [3.63, 3.8) is 0 Å². The van der Waals surface area contributed by atoms with Gasteiger partial charge < -0.3 is 4.57 Å². The number of hydrogen-bond acceptors (Lipinski definition) is 3. The number of nitrogens with zero attached hydrogens (tertiary/aromatic N) is 2. The van der Waals surface area contributed by atoms with E-state index >= 15 is 0 Å². The Hall–Kier alpha value is -3.08. The summed E-state index contributed by atoms with van der Waals surface area (Å²) < 4.78 is 2.14. The molecule has 3 aromatic rings. The summed E-state index contributed by atoms with van der Waals surface area (Å²) in [6.07, 6.45) is 4.12. The number of nitrogens with one attached hydrogen (secondary N) is 2. The Morgan fingerprint density at radius 2 is 2.08 bits per heavy atom. The minimum Gasteiger partial charge on any atom is -0.329 e. The number of carbonyl (C=O) groups is 1. The zero-order valence-electron chi connectivity index (χ0n) is 15.0. The van der Waals surface area contributed by atoms with Gasteiger partial charge in [0.15, 0.2) is 0 Å². The molecule has 0 unspecified atom stereocenters. The Balaban J connectivity index is 1.52. The molecule has 5 heteroatoms. The Bertz CT molecular complexity index is 1020. The van der Waals surface area contributed by atoms with Gasteiger partial charge in [0.1, 0.15) is 5.82 Å². The number of rotatable bonds is 4. The molecule has 1 aromatic heterocycles. The highest BCUT2D eigenvalue weighted by molar-refractivity contribution is 5.97. The van der Waals surface area contributed by atoms with E-state index in [1.165, 1.54) is 5.56 Å². The standard InChI is InChI=1S/C21H22N4O/c1-3-25-14(2)22-19-13-16(11-12-20(19)25)21(26)24-23-18-10-6-8-15-7-4-5-9-17(15)18/h4-5,7,9-13,23H,3,6,8H2,1-2H3,(H,24,26). The molecule has 26 heavy (non-hydrogen) atoms. The van der Waals surface area contributed by atoms with Crippen molar-refractivity contribution in [2.75, 3.05) is 0 Å². The average molecular weight is 346 g/mol. The summed E-state index contributed by atoms with van der Waals surface area (Å²) in [6, 6.07) is 13.9. The zero-order chi connectivity index (χ0) is 18.1. The largest absolute Gasteiger partial charge is 0.329 e. The van der Waals surface area contributed by atoms with E-state index in [-0.39, 0.29) is 5.91 Å². The zero-order valence-corrected chi connectivity index (χ0v) is 15.0. The van der Waals surface area contributed by atoms with Crippen LogP contribution in [-0.2, 0) is 13.0 Å². The molecule has 2 aromatic carbocycles. The van der Waals surface area contributed by atoms with Crippen molar-refractivity contribution in [2.45, 2.75) is 33.2 Å². The van der Waals surface area contributed by atoms with Gasteiger partial charge in [-0.05, 0) is 50.5 Å². The summed E-state index contributed by atoms with van der Waals surface area (Å²) in [5.41, 5.74) is 11.8. The second-order valence-corrected chi connectivity index (χ2v) is 6.50. The third-order valence-corrected chi connectivity index (χ3v) is 4.90. The van der Waals surface area contributed by atoms with Gasteiger partial charge in [-0.3, -0.25) is 15.6 Å². The number of fused-ring (bicyclic) bond motifs is 2. The van der Waals surface area contributed by atoms with E-state index in [9.17, 15) is 4.79 Å². The molecule has 4 rings (SSSR count). The molecular weight excluding hydrogens is 324 g/mol. The molecule has 0 saturated heterocycles. The molecule has 0 saturated carbocycles. The predicted molar refractivity (Wildman–Crippen MR) is 103 cm³/mol. The summed E-state index contributed by atoms with van der Waals surface area (Å²) in [5, 5.41) is 0. The summed E-state index contributed by atoms with van der Waals surface area (Å²) in [5.74, 6) is 0.793. The van der Waals surface area contributed by atoms with E-state index in [1.54, 1.807) is 0 Å². The van der Waals surface area contributed by atoms with Gasteiger partial charge in [0, 0.05) is 17.7 Å². The van der Waals surface area contributed by atoms with Gasteiger partial charge in [-0.2, -0.15) is 0 Å². The molecule has 1 aliphatic rings. The normalized spacial score (nSPS) is 13.2. The van der Waals surface area contributed by atoms with Crippen molar-refractivity contribution in [1.82, 2.24) is 20.4 Å². The van der Waals surface area contributed by atoms with E-state index in [0.717, 1.165) is 47.5 Å². The van der Waals surface area contributed by atoms with Crippen molar-refractivity contribution in [3.05, 3.63) is 71.1 Å². The molecule has 0 atom stereocenters. The van der Waals surface area contributed by atoms with Gasteiger partial charge in [-0.1, -0.05) is 30.3 Å². The number of hydrogen-bond donors (Lipinski definition) is 2. The number of imidazole rings is 1. The lowest BCUT2D eigenvalue weighted by Crippen LogP contribution is -2.36. The highest BCUT2D eigenvalue weighted by atomic mass is 16.2. The highest BCUT2D eigenvalue weighted by Gasteiger charge is 2.14. The van der Waals surface area contributed by atoms with Crippen LogP contribution in [0.2, 0.25) is 0 Å². The highest BCUT2D eigenvalue weighted by Crippen LogP contribution is 2.24. The second-order valence-electron chi connectivity index (χ2n) is 6.50. The van der Waals surface area contributed by atoms with Gasteiger partial charge in [0.05, 0.1) is 16.7 Å². The Morgan fingerprint density at radius 1 is 1.23 bits per heavy atom. The van der Waals surface area contributed by atoms with Crippen molar-refractivity contribution in [2.24, 2.45) is 0 Å². The fourth-order valence-electron chi connectivity index (χ4n) is 3.59. The Morgan fingerprint density at radius 3 is 2.92 bits per heavy atom. The number of allylic oxidation sites excluding steroid dienone is 1. The van der Waals surface area contributed by atoms with Crippen LogP contribution in [0.15, 0.2) is 48.5 Å². The van der Waals surface area contributed by atoms with E-state index in [2.05, 4.69) is 45.5 Å². The van der Waals surface area contributed by atoms with Crippen LogP contribution >= 0.6 is 0 Å². The topological polar surface area (TPSA) is 59.0 Å². The van der Waals surface area contributed by atoms with Gasteiger partial charge in [-0.15, -0.1) is 0 Å². The summed E-state index contributed by atoms with van der Waals surface area (Å²) in [7, 11) is 0. The Kier molecular flexibility index (Phi) is 4.21. The number of carbonyl (C=O) groups excluding carboxylic acids is 1. The summed E-state index contributed by atoms with van der Waals surface area (Å²) in [6.45, 7) is 4.94. The first-order chi connectivity index (χ1) is 12.7. The van der Waals surface area contributed by atoms with Crippen LogP contribution in [0, 0.1) is 6.92 Å². The molecule has 0 spiro atoms. The first kappa shape index (κ1) is 16.4. The van der Waals surface area contributed by atoms with E-state index in [4.69, 9.17) is 0 Å². The van der Waals surface area contributed by atoms with Crippen molar-refractivity contribution >= 4 is 22.6 Å². The number of hydrazine groups is 1. The third-order valence-electron chi connectivity index (χ3n) is 4.90. The van der Waals surface area contributed by atoms with Gasteiger partial charge >= 0.3 is 0 Å². The minimum atomic E-state index is -0.167. The molecule has 0 radical (unpaired) electrons.